The van der Waals surface area contributed by atoms with Crippen molar-refractivity contribution in [1.82, 2.24) is 20.3 Å². The summed E-state index contributed by atoms with van der Waals surface area (Å²) in [5.74, 6) is 0.280. The third-order valence-electron chi connectivity index (χ3n) is 3.87. The number of amides is 1. The van der Waals surface area contributed by atoms with E-state index in [-0.39, 0.29) is 11.9 Å². The Kier molecular flexibility index (Phi) is 5.07. The lowest BCUT2D eigenvalue weighted by molar-refractivity contribution is 0.0928. The average molecular weight is 329 g/mol. The first-order valence-corrected chi connectivity index (χ1v) is 8.55. The summed E-state index contributed by atoms with van der Waals surface area (Å²) in [7, 11) is 0. The third-order valence-corrected chi connectivity index (χ3v) is 5.09. The van der Waals surface area contributed by atoms with Crippen LogP contribution in [0, 0.1) is 0 Å². The third kappa shape index (κ3) is 4.41. The molecule has 1 fully saturated rings. The predicted molar refractivity (Wildman–Crippen MR) is 90.0 cm³/mol. The molecule has 1 aliphatic rings. The molecular weight excluding hydrogens is 310 g/mol. The van der Waals surface area contributed by atoms with Gasteiger partial charge in [0.15, 0.2) is 5.16 Å². The average Bonchev–Trinajstić information content (AvgIpc) is 2.57. The van der Waals surface area contributed by atoms with Gasteiger partial charge in [0.05, 0.1) is 0 Å². The highest BCUT2D eigenvalue weighted by molar-refractivity contribution is 7.99. The van der Waals surface area contributed by atoms with Gasteiger partial charge in [0.25, 0.3) is 5.91 Å². The second-order valence-corrected chi connectivity index (χ2v) is 6.83. The lowest BCUT2D eigenvalue weighted by Crippen LogP contribution is -2.38. The van der Waals surface area contributed by atoms with Gasteiger partial charge in [-0.1, -0.05) is 11.8 Å². The Morgan fingerprint density at radius 3 is 2.57 bits per heavy atom. The first-order valence-electron chi connectivity index (χ1n) is 7.67. The van der Waals surface area contributed by atoms with Gasteiger partial charge in [0.1, 0.15) is 5.82 Å². The topological polar surface area (TPSA) is 93.8 Å². The molecule has 0 aliphatic heterocycles. The molecule has 0 bridgehead atoms. The summed E-state index contributed by atoms with van der Waals surface area (Å²) in [6, 6.07) is 5.32. The monoisotopic (exact) mass is 329 g/mol. The summed E-state index contributed by atoms with van der Waals surface area (Å²) < 4.78 is 0. The van der Waals surface area contributed by atoms with Gasteiger partial charge >= 0.3 is 0 Å². The summed E-state index contributed by atoms with van der Waals surface area (Å²) in [6.45, 7) is 0. The number of thioether (sulfide) groups is 1. The maximum atomic E-state index is 12.2. The van der Waals surface area contributed by atoms with E-state index in [4.69, 9.17) is 5.73 Å². The quantitative estimate of drug-likeness (QED) is 0.836. The molecule has 0 atom stereocenters. The van der Waals surface area contributed by atoms with Crippen molar-refractivity contribution in [2.75, 3.05) is 5.73 Å². The molecule has 0 spiro atoms. The fourth-order valence-corrected chi connectivity index (χ4v) is 3.73. The zero-order chi connectivity index (χ0) is 16.1. The second-order valence-electron chi connectivity index (χ2n) is 5.57. The van der Waals surface area contributed by atoms with Crippen LogP contribution in [0.3, 0.4) is 0 Å². The molecule has 120 valence electrons. The summed E-state index contributed by atoms with van der Waals surface area (Å²) in [5.41, 5.74) is 6.18. The molecule has 23 heavy (non-hydrogen) atoms. The maximum absolute atomic E-state index is 12.2. The maximum Gasteiger partial charge on any atom is 0.251 e. The van der Waals surface area contributed by atoms with Crippen LogP contribution < -0.4 is 11.1 Å². The Hall–Kier alpha value is -2.15. The first-order chi connectivity index (χ1) is 11.2. The Morgan fingerprint density at radius 2 is 1.87 bits per heavy atom. The van der Waals surface area contributed by atoms with Crippen LogP contribution in [0.1, 0.15) is 36.0 Å². The molecule has 3 rings (SSSR count). The highest BCUT2D eigenvalue weighted by Gasteiger charge is 2.24. The van der Waals surface area contributed by atoms with Gasteiger partial charge in [-0.2, -0.15) is 0 Å². The van der Waals surface area contributed by atoms with Gasteiger partial charge in [-0.25, -0.2) is 15.0 Å². The number of carbonyl (C=O) groups is 1. The first kappa shape index (κ1) is 15.7. The van der Waals surface area contributed by atoms with Crippen LogP contribution in [0.2, 0.25) is 0 Å². The van der Waals surface area contributed by atoms with Crippen LogP contribution in [-0.4, -0.2) is 32.2 Å². The van der Waals surface area contributed by atoms with E-state index < -0.39 is 0 Å². The molecule has 1 amide bonds. The minimum absolute atomic E-state index is 0.0819. The van der Waals surface area contributed by atoms with E-state index in [0.717, 1.165) is 30.8 Å². The molecule has 3 N–H and O–H groups in total. The highest BCUT2D eigenvalue weighted by atomic mass is 32.2. The van der Waals surface area contributed by atoms with E-state index in [1.54, 1.807) is 42.5 Å². The molecule has 0 unspecified atom stereocenters. The van der Waals surface area contributed by atoms with E-state index >= 15 is 0 Å². The highest BCUT2D eigenvalue weighted by Crippen LogP contribution is 2.31. The van der Waals surface area contributed by atoms with Crippen LogP contribution in [0.4, 0.5) is 5.82 Å². The van der Waals surface area contributed by atoms with Gasteiger partial charge in [0, 0.05) is 35.4 Å². The number of nitrogens with two attached hydrogens (primary N) is 1. The summed E-state index contributed by atoms with van der Waals surface area (Å²) in [4.78, 5) is 24.6. The van der Waals surface area contributed by atoms with E-state index in [1.165, 1.54) is 0 Å². The fraction of sp³-hybridized carbons (Fsp3) is 0.375. The number of anilines is 1. The van der Waals surface area contributed by atoms with Crippen LogP contribution in [0.5, 0.6) is 0 Å². The minimum atomic E-state index is -0.0819. The zero-order valence-corrected chi connectivity index (χ0v) is 13.5. The Bertz CT molecular complexity index is 659. The van der Waals surface area contributed by atoms with Gasteiger partial charge in [0.2, 0.25) is 0 Å². The largest absolute Gasteiger partial charge is 0.384 e. The molecule has 0 aromatic carbocycles. The molecule has 6 nitrogen and oxygen atoms in total. The Balaban J connectivity index is 1.48. The summed E-state index contributed by atoms with van der Waals surface area (Å²) in [5, 5.41) is 4.43. The number of nitrogens with zero attached hydrogens (tertiary/aromatic N) is 3. The van der Waals surface area contributed by atoms with E-state index in [0.29, 0.717) is 16.6 Å². The molecular formula is C16H19N5OS. The second kappa shape index (κ2) is 7.41. The predicted octanol–water partition coefficient (Wildman–Crippen LogP) is 2.29. The Labute approximate surface area is 139 Å². The fourth-order valence-electron chi connectivity index (χ4n) is 2.68. The number of hydrogen-bond donors (Lipinski definition) is 2. The normalized spacial score (nSPS) is 20.9. The van der Waals surface area contributed by atoms with Crippen LogP contribution in [0.15, 0.2) is 41.9 Å². The van der Waals surface area contributed by atoms with Crippen molar-refractivity contribution < 1.29 is 4.79 Å². The molecule has 0 radical (unpaired) electrons. The SMILES string of the molecule is Nc1cc(C(=O)NC2CCC(Sc3ncccn3)CC2)ccn1. The van der Waals surface area contributed by atoms with Gasteiger partial charge in [-0.3, -0.25) is 4.79 Å². The van der Waals surface area contributed by atoms with Gasteiger partial charge in [-0.05, 0) is 43.9 Å². The number of hydrogen-bond acceptors (Lipinski definition) is 6. The Morgan fingerprint density at radius 1 is 1.13 bits per heavy atom. The van der Waals surface area contributed by atoms with Crippen molar-refractivity contribution in [3.05, 3.63) is 42.4 Å². The van der Waals surface area contributed by atoms with Crippen LogP contribution in [-0.2, 0) is 0 Å². The van der Waals surface area contributed by atoms with Crippen molar-refractivity contribution in [2.45, 2.75) is 42.1 Å². The number of nitrogens with one attached hydrogen (secondary N) is 1. The number of rotatable bonds is 4. The van der Waals surface area contributed by atoms with Crippen LogP contribution in [0.25, 0.3) is 0 Å². The van der Waals surface area contributed by atoms with E-state index in [1.807, 2.05) is 6.07 Å². The standard InChI is InChI=1S/C16H19N5OS/c17-14-10-11(6-9-18-14)15(22)21-12-2-4-13(5-3-12)23-16-19-7-1-8-20-16/h1,6-10,12-13H,2-5H2,(H2,17,18)(H,21,22). The molecule has 7 heteroatoms. The molecule has 2 aromatic heterocycles. The molecule has 2 aromatic rings. The molecule has 0 saturated heterocycles. The van der Waals surface area contributed by atoms with Crippen molar-refractivity contribution in [3.63, 3.8) is 0 Å². The smallest absolute Gasteiger partial charge is 0.251 e. The molecule has 2 heterocycles. The zero-order valence-electron chi connectivity index (χ0n) is 12.7. The number of pyridine rings is 1. The van der Waals surface area contributed by atoms with E-state index in [2.05, 4.69) is 20.3 Å². The lowest BCUT2D eigenvalue weighted by atomic mass is 9.95. The van der Waals surface area contributed by atoms with Crippen molar-refractivity contribution in [1.29, 1.82) is 0 Å². The van der Waals surface area contributed by atoms with Crippen molar-refractivity contribution >= 4 is 23.5 Å². The van der Waals surface area contributed by atoms with Crippen molar-refractivity contribution in [2.24, 2.45) is 0 Å². The van der Waals surface area contributed by atoms with E-state index in [9.17, 15) is 4.79 Å². The van der Waals surface area contributed by atoms with Crippen LogP contribution >= 0.6 is 11.8 Å². The number of aromatic nitrogens is 3. The molecule has 1 aliphatic carbocycles. The van der Waals surface area contributed by atoms with Gasteiger partial charge < -0.3 is 11.1 Å². The van der Waals surface area contributed by atoms with Crippen molar-refractivity contribution in [3.8, 4) is 0 Å². The molecule has 1 saturated carbocycles. The van der Waals surface area contributed by atoms with Gasteiger partial charge in [-0.15, -0.1) is 0 Å². The number of carbonyl (C=O) groups excluding carboxylic acids is 1. The lowest BCUT2D eigenvalue weighted by Gasteiger charge is -2.28. The number of nitrogen functional groups attached to an aromatic ring is 1. The summed E-state index contributed by atoms with van der Waals surface area (Å²) >= 11 is 1.72. The summed E-state index contributed by atoms with van der Waals surface area (Å²) in [6.07, 6.45) is 9.12. The minimum Gasteiger partial charge on any atom is -0.384 e.